The van der Waals surface area contributed by atoms with Gasteiger partial charge in [-0.15, -0.1) is 0 Å². The lowest BCUT2D eigenvalue weighted by Gasteiger charge is -2.08. The summed E-state index contributed by atoms with van der Waals surface area (Å²) in [6.45, 7) is 3.96. The zero-order chi connectivity index (χ0) is 15.4. The molecule has 108 valence electrons. The molecule has 0 saturated heterocycles. The van der Waals surface area contributed by atoms with Crippen LogP contribution in [0.25, 0.3) is 0 Å². The van der Waals surface area contributed by atoms with E-state index in [1.54, 1.807) is 6.92 Å². The normalized spacial score (nSPS) is 10.2. The highest BCUT2D eigenvalue weighted by Crippen LogP contribution is 2.09. The number of benzene rings is 1. The molecular formula is C16H16N2O3. The van der Waals surface area contributed by atoms with Gasteiger partial charge in [0.1, 0.15) is 5.69 Å². The van der Waals surface area contributed by atoms with Gasteiger partial charge in [-0.3, -0.25) is 4.79 Å². The minimum absolute atomic E-state index is 0.102. The lowest BCUT2D eigenvalue weighted by atomic mass is 10.1. The number of aromatic carboxylic acids is 1. The molecule has 0 aliphatic carbocycles. The van der Waals surface area contributed by atoms with Crippen molar-refractivity contribution in [2.24, 2.45) is 0 Å². The molecule has 0 bridgehead atoms. The quantitative estimate of drug-likeness (QED) is 0.903. The molecule has 5 nitrogen and oxygen atoms in total. The van der Waals surface area contributed by atoms with Crippen molar-refractivity contribution >= 4 is 11.9 Å². The largest absolute Gasteiger partial charge is 0.478 e. The van der Waals surface area contributed by atoms with Gasteiger partial charge < -0.3 is 10.4 Å². The highest BCUT2D eigenvalue weighted by atomic mass is 16.4. The molecule has 1 heterocycles. The summed E-state index contributed by atoms with van der Waals surface area (Å²) in [4.78, 5) is 27.0. The smallest absolute Gasteiger partial charge is 0.337 e. The summed E-state index contributed by atoms with van der Waals surface area (Å²) < 4.78 is 0. The Balaban J connectivity index is 2.09. The summed E-state index contributed by atoms with van der Waals surface area (Å²) in [5.41, 5.74) is 2.77. The van der Waals surface area contributed by atoms with Crippen LogP contribution in [-0.2, 0) is 6.54 Å². The molecule has 0 radical (unpaired) electrons. The first-order valence-corrected chi connectivity index (χ1v) is 6.52. The lowest BCUT2D eigenvalue weighted by Crippen LogP contribution is -2.24. The van der Waals surface area contributed by atoms with E-state index in [0.29, 0.717) is 12.2 Å². The molecule has 0 saturated carbocycles. The van der Waals surface area contributed by atoms with Crippen molar-refractivity contribution in [1.82, 2.24) is 10.3 Å². The predicted octanol–water partition coefficient (Wildman–Crippen LogP) is 2.33. The highest BCUT2D eigenvalue weighted by molar-refractivity contribution is 5.94. The molecule has 2 aromatic rings. The van der Waals surface area contributed by atoms with Gasteiger partial charge in [0, 0.05) is 6.54 Å². The number of carboxylic acid groups (broad SMARTS) is 1. The van der Waals surface area contributed by atoms with Crippen LogP contribution in [0.2, 0.25) is 0 Å². The number of nitrogens with zero attached hydrogens (tertiary/aromatic N) is 1. The fourth-order valence-corrected chi connectivity index (χ4v) is 1.99. The molecule has 1 aromatic carbocycles. The maximum Gasteiger partial charge on any atom is 0.337 e. The number of amides is 1. The number of aryl methyl sites for hydroxylation is 2. The predicted molar refractivity (Wildman–Crippen MR) is 78.3 cm³/mol. The first-order chi connectivity index (χ1) is 9.99. The van der Waals surface area contributed by atoms with E-state index in [9.17, 15) is 9.59 Å². The van der Waals surface area contributed by atoms with Crippen molar-refractivity contribution in [3.8, 4) is 0 Å². The van der Waals surface area contributed by atoms with Crippen molar-refractivity contribution in [3.63, 3.8) is 0 Å². The Morgan fingerprint density at radius 2 is 1.86 bits per heavy atom. The van der Waals surface area contributed by atoms with Crippen LogP contribution in [0.1, 0.15) is 37.7 Å². The van der Waals surface area contributed by atoms with Gasteiger partial charge in [-0.2, -0.15) is 0 Å². The van der Waals surface area contributed by atoms with E-state index in [1.165, 1.54) is 12.1 Å². The average Bonchev–Trinajstić information content (AvgIpc) is 2.45. The highest BCUT2D eigenvalue weighted by Gasteiger charge is 2.13. The van der Waals surface area contributed by atoms with Crippen molar-refractivity contribution in [1.29, 1.82) is 0 Å². The Kier molecular flexibility index (Phi) is 4.33. The van der Waals surface area contributed by atoms with E-state index in [-0.39, 0.29) is 17.2 Å². The molecule has 0 unspecified atom stereocenters. The van der Waals surface area contributed by atoms with Crippen molar-refractivity contribution in [2.75, 3.05) is 0 Å². The number of rotatable bonds is 4. The molecule has 0 spiro atoms. The van der Waals surface area contributed by atoms with Gasteiger partial charge >= 0.3 is 5.97 Å². The maximum atomic E-state index is 12.0. The molecule has 1 aromatic heterocycles. The minimum Gasteiger partial charge on any atom is -0.478 e. The molecule has 0 fully saturated rings. The Morgan fingerprint density at radius 3 is 2.48 bits per heavy atom. The topological polar surface area (TPSA) is 79.3 Å². The fraction of sp³-hybridized carbons (Fsp3) is 0.188. The number of carbonyl (C=O) groups excluding carboxylic acids is 1. The monoisotopic (exact) mass is 284 g/mol. The van der Waals surface area contributed by atoms with Crippen LogP contribution in [-0.4, -0.2) is 22.0 Å². The Morgan fingerprint density at radius 1 is 1.14 bits per heavy atom. The summed E-state index contributed by atoms with van der Waals surface area (Å²) in [5, 5.41) is 11.7. The molecular weight excluding hydrogens is 268 g/mol. The van der Waals surface area contributed by atoms with Crippen LogP contribution in [0.5, 0.6) is 0 Å². The summed E-state index contributed by atoms with van der Waals surface area (Å²) in [6.07, 6.45) is 0. The zero-order valence-corrected chi connectivity index (χ0v) is 11.9. The molecule has 1 amide bonds. The third-order valence-corrected chi connectivity index (χ3v) is 3.25. The summed E-state index contributed by atoms with van der Waals surface area (Å²) in [6, 6.07) is 10.6. The van der Waals surface area contributed by atoms with Gasteiger partial charge in [0.2, 0.25) is 0 Å². The fourth-order valence-electron chi connectivity index (χ4n) is 1.99. The van der Waals surface area contributed by atoms with E-state index in [4.69, 9.17) is 5.11 Å². The molecule has 0 aliphatic rings. The second-order valence-electron chi connectivity index (χ2n) is 4.74. The maximum absolute atomic E-state index is 12.0. The summed E-state index contributed by atoms with van der Waals surface area (Å²) >= 11 is 0. The van der Waals surface area contributed by atoms with E-state index in [2.05, 4.69) is 10.3 Å². The molecule has 0 atom stereocenters. The van der Waals surface area contributed by atoms with Crippen LogP contribution in [0, 0.1) is 13.8 Å². The van der Waals surface area contributed by atoms with Gasteiger partial charge in [-0.1, -0.05) is 24.3 Å². The molecule has 2 N–H and O–H groups in total. The molecule has 2 rings (SSSR count). The Hall–Kier alpha value is -2.69. The van der Waals surface area contributed by atoms with Gasteiger partial charge in [0.25, 0.3) is 5.91 Å². The van der Waals surface area contributed by atoms with Crippen LogP contribution >= 0.6 is 0 Å². The van der Waals surface area contributed by atoms with E-state index in [1.807, 2.05) is 31.2 Å². The van der Waals surface area contributed by atoms with Crippen molar-refractivity contribution in [3.05, 3.63) is 64.5 Å². The van der Waals surface area contributed by atoms with E-state index < -0.39 is 5.97 Å². The number of nitrogens with one attached hydrogen (secondary N) is 1. The number of hydrogen-bond acceptors (Lipinski definition) is 3. The van der Waals surface area contributed by atoms with Crippen LogP contribution in [0.4, 0.5) is 0 Å². The van der Waals surface area contributed by atoms with Gasteiger partial charge in [0.05, 0.1) is 11.3 Å². The minimum atomic E-state index is -1.05. The van der Waals surface area contributed by atoms with Crippen molar-refractivity contribution < 1.29 is 14.7 Å². The van der Waals surface area contributed by atoms with Crippen LogP contribution in [0.15, 0.2) is 36.4 Å². The second-order valence-corrected chi connectivity index (χ2v) is 4.74. The van der Waals surface area contributed by atoms with Crippen LogP contribution in [0.3, 0.4) is 0 Å². The summed E-state index contributed by atoms with van der Waals surface area (Å²) in [5.74, 6) is -1.37. The zero-order valence-electron chi connectivity index (χ0n) is 11.9. The molecule has 5 heteroatoms. The second kappa shape index (κ2) is 6.17. The molecule has 21 heavy (non-hydrogen) atoms. The van der Waals surface area contributed by atoms with Gasteiger partial charge in [0.15, 0.2) is 0 Å². The van der Waals surface area contributed by atoms with E-state index in [0.717, 1.165) is 11.1 Å². The number of pyridine rings is 1. The number of carbonyl (C=O) groups is 2. The first-order valence-electron chi connectivity index (χ1n) is 6.52. The van der Waals surface area contributed by atoms with Crippen molar-refractivity contribution in [2.45, 2.75) is 20.4 Å². The first kappa shape index (κ1) is 14.7. The Bertz CT molecular complexity index is 696. The average molecular weight is 284 g/mol. The standard InChI is InChI=1S/C16H16N2O3/c1-10-5-3-4-6-12(10)9-17-15(19)14-8-7-13(16(20)21)11(2)18-14/h3-8H,9H2,1-2H3,(H,17,19)(H,20,21). The molecule has 0 aliphatic heterocycles. The number of carboxylic acids is 1. The lowest BCUT2D eigenvalue weighted by molar-refractivity contribution is 0.0694. The van der Waals surface area contributed by atoms with Gasteiger partial charge in [-0.25, -0.2) is 9.78 Å². The number of hydrogen-bond donors (Lipinski definition) is 2. The summed E-state index contributed by atoms with van der Waals surface area (Å²) in [7, 11) is 0. The third-order valence-electron chi connectivity index (χ3n) is 3.25. The SMILES string of the molecule is Cc1ccccc1CNC(=O)c1ccc(C(=O)O)c(C)n1. The Labute approximate surface area is 122 Å². The van der Waals surface area contributed by atoms with Crippen LogP contribution < -0.4 is 5.32 Å². The van der Waals surface area contributed by atoms with E-state index >= 15 is 0 Å². The third kappa shape index (κ3) is 3.45. The van der Waals surface area contributed by atoms with Gasteiger partial charge in [-0.05, 0) is 37.1 Å². The number of aromatic nitrogens is 1.